The van der Waals surface area contributed by atoms with Gasteiger partial charge in [-0.1, -0.05) is 55.8 Å². The Labute approximate surface area is 246 Å². The van der Waals surface area contributed by atoms with Crippen LogP contribution in [0, 0.1) is 13.8 Å². The summed E-state index contributed by atoms with van der Waals surface area (Å²) in [6.07, 6.45) is 1.64. The van der Waals surface area contributed by atoms with Gasteiger partial charge in [-0.05, 0) is 84.5 Å². The molecule has 0 saturated carbocycles. The third-order valence-corrected chi connectivity index (χ3v) is 7.18. The van der Waals surface area contributed by atoms with Crippen molar-refractivity contribution in [2.45, 2.75) is 40.2 Å². The van der Waals surface area contributed by atoms with Crippen LogP contribution in [-0.2, 0) is 6.61 Å². The fourth-order valence-electron chi connectivity index (χ4n) is 4.94. The van der Waals surface area contributed by atoms with Gasteiger partial charge in [-0.3, -0.25) is 4.79 Å². The van der Waals surface area contributed by atoms with Crippen molar-refractivity contribution in [2.75, 3.05) is 14.2 Å². The second-order valence-electron chi connectivity index (χ2n) is 10.6. The summed E-state index contributed by atoms with van der Waals surface area (Å²) in [5, 5.41) is 5.15. The second-order valence-corrected chi connectivity index (χ2v) is 10.6. The average Bonchev–Trinajstić information content (AvgIpc) is 2.99. The van der Waals surface area contributed by atoms with Crippen LogP contribution in [0.3, 0.4) is 0 Å². The van der Waals surface area contributed by atoms with Gasteiger partial charge in [-0.2, -0.15) is 9.78 Å². The topological polar surface area (TPSA) is 74.9 Å². The smallest absolute Gasteiger partial charge is 0.282 e. The maximum Gasteiger partial charge on any atom is 0.282 e. The van der Waals surface area contributed by atoms with Crippen LogP contribution in [0.4, 0.5) is 0 Å². The van der Waals surface area contributed by atoms with E-state index in [1.807, 2.05) is 67.6 Å². The third-order valence-electron chi connectivity index (χ3n) is 7.18. The van der Waals surface area contributed by atoms with Gasteiger partial charge >= 0.3 is 0 Å². The van der Waals surface area contributed by atoms with E-state index in [0.29, 0.717) is 34.8 Å². The summed E-state index contributed by atoms with van der Waals surface area (Å²) in [7, 11) is 3.27. The average molecular weight is 562 g/mol. The molecule has 0 amide bonds. The Hall–Kier alpha value is -4.91. The largest absolute Gasteiger partial charge is 0.496 e. The number of hydrogen-bond donors (Lipinski definition) is 0. The lowest BCUT2D eigenvalue weighted by Gasteiger charge is -2.17. The molecule has 5 rings (SSSR count). The number of rotatable bonds is 9. The minimum absolute atomic E-state index is 0.211. The molecule has 0 atom stereocenters. The van der Waals surface area contributed by atoms with Gasteiger partial charge in [-0.15, -0.1) is 0 Å². The first-order valence-electron chi connectivity index (χ1n) is 13.9. The van der Waals surface area contributed by atoms with Gasteiger partial charge in [0.15, 0.2) is 17.3 Å². The molecule has 0 radical (unpaired) electrons. The molecule has 0 fully saturated rings. The molecule has 7 heteroatoms. The Bertz CT molecular complexity index is 1840. The molecule has 1 heterocycles. The van der Waals surface area contributed by atoms with E-state index < -0.39 is 0 Å². The van der Waals surface area contributed by atoms with E-state index in [2.05, 4.69) is 38.0 Å². The first-order chi connectivity index (χ1) is 20.3. The van der Waals surface area contributed by atoms with Crippen LogP contribution in [0.5, 0.6) is 17.2 Å². The first-order valence-corrected chi connectivity index (χ1v) is 13.9. The number of aryl methyl sites for hydroxylation is 2. The van der Waals surface area contributed by atoms with E-state index in [9.17, 15) is 4.79 Å². The van der Waals surface area contributed by atoms with Crippen molar-refractivity contribution in [3.63, 3.8) is 0 Å². The number of methoxy groups -OCH3 is 2. The predicted molar refractivity (Wildman–Crippen MR) is 168 cm³/mol. The van der Waals surface area contributed by atoms with E-state index in [4.69, 9.17) is 19.2 Å². The van der Waals surface area contributed by atoms with Crippen LogP contribution in [-0.4, -0.2) is 30.1 Å². The zero-order valence-corrected chi connectivity index (χ0v) is 24.8. The number of para-hydroxylation sites is 1. The number of fused-ring (bicyclic) bond motifs is 1. The van der Waals surface area contributed by atoms with Crippen molar-refractivity contribution in [3.8, 4) is 28.6 Å². The summed E-state index contributed by atoms with van der Waals surface area (Å²) < 4.78 is 18.7. The Morgan fingerprint density at radius 2 is 1.67 bits per heavy atom. The molecule has 42 heavy (non-hydrogen) atoms. The monoisotopic (exact) mass is 561 g/mol. The summed E-state index contributed by atoms with van der Waals surface area (Å²) >= 11 is 0. The normalized spacial score (nSPS) is 11.4. The molecule has 7 nitrogen and oxygen atoms in total. The van der Waals surface area contributed by atoms with Gasteiger partial charge in [0.2, 0.25) is 0 Å². The molecule has 0 unspecified atom stereocenters. The van der Waals surface area contributed by atoms with Crippen molar-refractivity contribution >= 4 is 17.1 Å². The van der Waals surface area contributed by atoms with Crippen molar-refractivity contribution in [2.24, 2.45) is 5.10 Å². The van der Waals surface area contributed by atoms with E-state index in [0.717, 1.165) is 33.6 Å². The SMILES string of the molecule is COc1cc(C=Nn2c(-c3cc(C(C)C)c(OC)cc3C)nc3ccccc3c2=O)ccc1OCc1cccc(C)c1. The zero-order chi connectivity index (χ0) is 29.8. The maximum atomic E-state index is 13.8. The summed E-state index contributed by atoms with van der Waals surface area (Å²) in [6.45, 7) is 8.68. The van der Waals surface area contributed by atoms with Crippen LogP contribution in [0.25, 0.3) is 22.3 Å². The third kappa shape index (κ3) is 5.91. The van der Waals surface area contributed by atoms with E-state index >= 15 is 0 Å². The fourth-order valence-corrected chi connectivity index (χ4v) is 4.94. The zero-order valence-electron chi connectivity index (χ0n) is 24.8. The Kier molecular flexibility index (Phi) is 8.38. The Morgan fingerprint density at radius 1 is 0.881 bits per heavy atom. The lowest BCUT2D eigenvalue weighted by Crippen LogP contribution is -2.20. The summed E-state index contributed by atoms with van der Waals surface area (Å²) in [5.74, 6) is 2.67. The molecule has 0 spiro atoms. The lowest BCUT2D eigenvalue weighted by molar-refractivity contribution is 0.284. The number of aromatic nitrogens is 2. The van der Waals surface area contributed by atoms with Gasteiger partial charge in [-0.25, -0.2) is 4.98 Å². The van der Waals surface area contributed by atoms with Crippen LogP contribution < -0.4 is 19.8 Å². The highest BCUT2D eigenvalue weighted by molar-refractivity contribution is 5.83. The highest BCUT2D eigenvalue weighted by Crippen LogP contribution is 2.34. The minimum Gasteiger partial charge on any atom is -0.496 e. The molecule has 0 aliphatic carbocycles. The summed E-state index contributed by atoms with van der Waals surface area (Å²) in [4.78, 5) is 18.7. The standard InChI is InChI=1S/C35H35N3O4/c1-22(2)28-19-29(24(4)17-32(28)40-5)34-37-30-13-8-7-12-27(30)35(39)38(34)36-20-25-14-15-31(33(18-25)41-6)42-21-26-11-9-10-23(3)16-26/h7-20,22H,21H2,1-6H3. The minimum atomic E-state index is -0.252. The van der Waals surface area contributed by atoms with Crippen molar-refractivity contribution < 1.29 is 14.2 Å². The van der Waals surface area contributed by atoms with Crippen molar-refractivity contribution in [1.29, 1.82) is 0 Å². The molecule has 1 aromatic heterocycles. The second kappa shape index (κ2) is 12.3. The lowest BCUT2D eigenvalue weighted by atomic mass is 9.96. The fraction of sp³-hybridized carbons (Fsp3) is 0.229. The highest BCUT2D eigenvalue weighted by Gasteiger charge is 2.18. The molecule has 0 aliphatic heterocycles. The molecule has 0 bridgehead atoms. The first kappa shape index (κ1) is 28.6. The molecule has 214 valence electrons. The predicted octanol–water partition coefficient (Wildman–Crippen LogP) is 7.28. The molecular weight excluding hydrogens is 526 g/mol. The van der Waals surface area contributed by atoms with Crippen LogP contribution in [0.15, 0.2) is 88.8 Å². The molecule has 0 N–H and O–H groups in total. The van der Waals surface area contributed by atoms with Crippen LogP contribution >= 0.6 is 0 Å². The molecule has 4 aromatic carbocycles. The summed E-state index contributed by atoms with van der Waals surface area (Å²) in [5.41, 5.74) is 6.14. The molecule has 0 aliphatic rings. The number of hydrogen-bond acceptors (Lipinski definition) is 6. The summed E-state index contributed by atoms with van der Waals surface area (Å²) in [6, 6.07) is 25.1. The number of benzene rings is 4. The van der Waals surface area contributed by atoms with E-state index in [1.165, 1.54) is 10.2 Å². The van der Waals surface area contributed by atoms with Gasteiger partial charge in [0.1, 0.15) is 12.4 Å². The van der Waals surface area contributed by atoms with E-state index in [1.54, 1.807) is 26.5 Å². The van der Waals surface area contributed by atoms with Crippen LogP contribution in [0.1, 0.15) is 47.6 Å². The number of ether oxygens (including phenoxy) is 3. The Morgan fingerprint density at radius 3 is 2.40 bits per heavy atom. The van der Waals surface area contributed by atoms with Gasteiger partial charge in [0, 0.05) is 5.56 Å². The van der Waals surface area contributed by atoms with Gasteiger partial charge in [0.25, 0.3) is 5.56 Å². The van der Waals surface area contributed by atoms with Gasteiger partial charge in [0.05, 0.1) is 31.3 Å². The number of nitrogens with zero attached hydrogens (tertiary/aromatic N) is 3. The van der Waals surface area contributed by atoms with Crippen molar-refractivity contribution in [1.82, 2.24) is 9.66 Å². The van der Waals surface area contributed by atoms with Crippen LogP contribution in [0.2, 0.25) is 0 Å². The molecular formula is C35H35N3O4. The van der Waals surface area contributed by atoms with Crippen molar-refractivity contribution in [3.05, 3.63) is 117 Å². The molecule has 5 aromatic rings. The van der Waals surface area contributed by atoms with Gasteiger partial charge < -0.3 is 14.2 Å². The quantitative estimate of drug-likeness (QED) is 0.177. The van der Waals surface area contributed by atoms with E-state index in [-0.39, 0.29) is 11.5 Å². The highest BCUT2D eigenvalue weighted by atomic mass is 16.5. The Balaban J connectivity index is 1.56. The molecule has 0 saturated heterocycles. The maximum absolute atomic E-state index is 13.8.